The average molecular weight is 177 g/mol. The van der Waals surface area contributed by atoms with Gasteiger partial charge >= 0.3 is 5.97 Å². The summed E-state index contributed by atoms with van der Waals surface area (Å²) in [6.45, 7) is 0.495. The second-order valence-corrected chi connectivity index (χ2v) is 3.82. The lowest BCUT2D eigenvalue weighted by atomic mass is 10.2. The van der Waals surface area contributed by atoms with Crippen molar-refractivity contribution in [3.05, 3.63) is 0 Å². The maximum atomic E-state index is 10.6. The first-order chi connectivity index (χ1) is 5.35. The van der Waals surface area contributed by atoms with Gasteiger partial charge in [-0.25, -0.2) is 0 Å². The number of hydrogen-bond donors (Lipinski definition) is 2. The van der Waals surface area contributed by atoms with Crippen molar-refractivity contribution in [2.45, 2.75) is 12.5 Å². The van der Waals surface area contributed by atoms with E-state index >= 15 is 0 Å². The molecule has 72 valence electrons. The van der Waals surface area contributed by atoms with E-state index in [1.807, 2.05) is 21.1 Å². The van der Waals surface area contributed by atoms with Crippen LogP contribution in [-0.2, 0) is 9.63 Å². The van der Waals surface area contributed by atoms with E-state index < -0.39 is 12.1 Å². The summed E-state index contributed by atoms with van der Waals surface area (Å²) in [5.74, 6) is 4.03. The fraction of sp³-hybridized carbons (Fsp3) is 0.857. The number of quaternary nitrogens is 1. The number of hydrogen-bond acceptors (Lipinski definition) is 4. The van der Waals surface area contributed by atoms with Gasteiger partial charge < -0.3 is 14.4 Å². The Morgan fingerprint density at radius 1 is 1.58 bits per heavy atom. The molecule has 1 atom stereocenters. The quantitative estimate of drug-likeness (QED) is 0.420. The molecule has 3 N–H and O–H groups in total. The molecule has 0 unspecified atom stereocenters. The fourth-order valence-electron chi connectivity index (χ4n) is 0.937. The van der Waals surface area contributed by atoms with Gasteiger partial charge in [0.05, 0.1) is 27.6 Å². The van der Waals surface area contributed by atoms with Gasteiger partial charge in [0.15, 0.2) is 0 Å². The molecule has 0 aromatic rings. The van der Waals surface area contributed by atoms with Crippen molar-refractivity contribution < 1.29 is 19.2 Å². The molecule has 0 aromatic carbocycles. The lowest BCUT2D eigenvalue weighted by molar-refractivity contribution is -0.873. The predicted molar refractivity (Wildman–Crippen MR) is 43.8 cm³/mol. The molecule has 0 aliphatic carbocycles. The van der Waals surface area contributed by atoms with Crippen LogP contribution in [-0.4, -0.2) is 49.4 Å². The van der Waals surface area contributed by atoms with E-state index in [1.165, 1.54) is 0 Å². The summed E-state index contributed by atoms with van der Waals surface area (Å²) in [4.78, 5) is 14.5. The van der Waals surface area contributed by atoms with Crippen molar-refractivity contribution in [3.63, 3.8) is 0 Å². The van der Waals surface area contributed by atoms with E-state index in [0.29, 0.717) is 11.0 Å². The Kier molecular flexibility index (Phi) is 4.16. The molecule has 0 saturated carbocycles. The van der Waals surface area contributed by atoms with Crippen LogP contribution in [0.3, 0.4) is 0 Å². The van der Waals surface area contributed by atoms with Crippen LogP contribution in [0.5, 0.6) is 0 Å². The van der Waals surface area contributed by atoms with Crippen molar-refractivity contribution in [1.82, 2.24) is 0 Å². The van der Waals surface area contributed by atoms with E-state index in [9.17, 15) is 9.90 Å². The highest BCUT2D eigenvalue weighted by Gasteiger charge is 2.18. The van der Waals surface area contributed by atoms with Gasteiger partial charge in [0, 0.05) is 0 Å². The third-order valence-electron chi connectivity index (χ3n) is 1.29. The largest absolute Gasteiger partial charge is 0.387 e. The molecule has 0 spiro atoms. The van der Waals surface area contributed by atoms with Gasteiger partial charge in [-0.2, -0.15) is 5.90 Å². The van der Waals surface area contributed by atoms with Crippen LogP contribution in [0.15, 0.2) is 0 Å². The summed E-state index contributed by atoms with van der Waals surface area (Å²) in [7, 11) is 5.78. The first-order valence-corrected chi connectivity index (χ1v) is 3.73. The highest BCUT2D eigenvalue weighted by Crippen LogP contribution is 1.99. The number of aliphatic hydroxyl groups is 1. The van der Waals surface area contributed by atoms with Crippen LogP contribution in [0, 0.1) is 0 Å². The minimum Gasteiger partial charge on any atom is -0.387 e. The number of carbonyl (C=O) groups is 1. The van der Waals surface area contributed by atoms with Crippen molar-refractivity contribution in [2.75, 3.05) is 27.7 Å². The molecule has 0 aliphatic rings. The third kappa shape index (κ3) is 6.09. The Hall–Kier alpha value is -0.650. The molecule has 5 heteroatoms. The smallest absolute Gasteiger partial charge is 0.327 e. The van der Waals surface area contributed by atoms with Crippen molar-refractivity contribution in [1.29, 1.82) is 0 Å². The van der Waals surface area contributed by atoms with Gasteiger partial charge in [-0.1, -0.05) is 0 Å². The third-order valence-corrected chi connectivity index (χ3v) is 1.29. The van der Waals surface area contributed by atoms with Crippen molar-refractivity contribution >= 4 is 5.97 Å². The molecule has 12 heavy (non-hydrogen) atoms. The van der Waals surface area contributed by atoms with E-state index in [4.69, 9.17) is 0 Å². The molecule has 0 aliphatic heterocycles. The minimum absolute atomic E-state index is 0.0496. The first-order valence-electron chi connectivity index (χ1n) is 3.73. The molecule has 0 bridgehead atoms. The van der Waals surface area contributed by atoms with Crippen molar-refractivity contribution in [3.8, 4) is 0 Å². The molecule has 0 aromatic heterocycles. The number of likely N-dealkylation sites (N-methyl/N-ethyl adjacent to an activating group) is 1. The van der Waals surface area contributed by atoms with E-state index in [0.717, 1.165) is 0 Å². The Balaban J connectivity index is 3.74. The number of rotatable bonds is 4. The monoisotopic (exact) mass is 177 g/mol. The number of aliphatic hydroxyl groups excluding tert-OH is 1. The van der Waals surface area contributed by atoms with Crippen LogP contribution in [0.4, 0.5) is 0 Å². The fourth-order valence-corrected chi connectivity index (χ4v) is 0.937. The summed E-state index contributed by atoms with van der Waals surface area (Å²) in [5, 5.41) is 9.31. The summed E-state index contributed by atoms with van der Waals surface area (Å²) < 4.78 is 0.596. The van der Waals surface area contributed by atoms with Gasteiger partial charge in [-0.3, -0.25) is 4.79 Å². The van der Waals surface area contributed by atoms with Crippen LogP contribution in [0.1, 0.15) is 6.42 Å². The number of nitrogens with two attached hydrogens (primary N) is 1. The van der Waals surface area contributed by atoms with Crippen LogP contribution in [0.25, 0.3) is 0 Å². The normalized spacial score (nSPS) is 14.1. The molecule has 0 heterocycles. The molecule has 0 fully saturated rings. The van der Waals surface area contributed by atoms with E-state index in [-0.39, 0.29) is 6.42 Å². The summed E-state index contributed by atoms with van der Waals surface area (Å²) >= 11 is 0. The second-order valence-electron chi connectivity index (χ2n) is 3.82. The highest BCUT2D eigenvalue weighted by atomic mass is 16.7. The van der Waals surface area contributed by atoms with Gasteiger partial charge in [0.2, 0.25) is 0 Å². The minimum atomic E-state index is -0.693. The van der Waals surface area contributed by atoms with Crippen LogP contribution >= 0.6 is 0 Å². The Labute approximate surface area is 72.3 Å². The zero-order chi connectivity index (χ0) is 9.78. The Morgan fingerprint density at radius 3 is 2.42 bits per heavy atom. The number of nitrogens with zero attached hydrogens (tertiary/aromatic N) is 1. The average Bonchev–Trinajstić information content (AvgIpc) is 1.82. The van der Waals surface area contributed by atoms with Crippen LogP contribution < -0.4 is 5.90 Å². The predicted octanol–water partition coefficient (Wildman–Crippen LogP) is -1.14. The van der Waals surface area contributed by atoms with E-state index in [1.54, 1.807) is 0 Å². The summed E-state index contributed by atoms with van der Waals surface area (Å²) in [6, 6.07) is 0. The van der Waals surface area contributed by atoms with Gasteiger partial charge in [-0.15, -0.1) is 0 Å². The Morgan fingerprint density at radius 2 is 2.08 bits per heavy atom. The molecular weight excluding hydrogens is 160 g/mol. The summed E-state index contributed by atoms with van der Waals surface area (Å²) in [5.41, 5.74) is 0. The molecule has 0 radical (unpaired) electrons. The zero-order valence-electron chi connectivity index (χ0n) is 7.78. The SMILES string of the molecule is C[N+](C)(C)C[C@@H](O)CC(=O)ON. The van der Waals surface area contributed by atoms with Gasteiger partial charge in [0.25, 0.3) is 0 Å². The maximum Gasteiger partial charge on any atom is 0.327 e. The lowest BCUT2D eigenvalue weighted by Crippen LogP contribution is -2.42. The second kappa shape index (κ2) is 4.39. The molecule has 5 nitrogen and oxygen atoms in total. The standard InChI is InChI=1S/C7H17N2O3/c1-9(2,3)5-6(10)4-7(11)12-8/h6,10H,4-5,8H2,1-3H3/q+1/t6-/m0/s1. The van der Waals surface area contributed by atoms with Gasteiger partial charge in [0.1, 0.15) is 12.6 Å². The summed E-state index contributed by atoms with van der Waals surface area (Å²) in [6.07, 6.45) is -0.743. The topological polar surface area (TPSA) is 72.5 Å². The molecule has 0 amide bonds. The molecular formula is C7H17N2O3+. The lowest BCUT2D eigenvalue weighted by Gasteiger charge is -2.26. The highest BCUT2D eigenvalue weighted by molar-refractivity contribution is 5.69. The molecule has 0 saturated heterocycles. The first kappa shape index (κ1) is 11.4. The molecule has 0 rings (SSSR count). The van der Waals surface area contributed by atoms with E-state index in [2.05, 4.69) is 10.7 Å². The number of carbonyl (C=O) groups excluding carboxylic acids is 1. The Bertz CT molecular complexity index is 153. The van der Waals surface area contributed by atoms with Crippen molar-refractivity contribution in [2.24, 2.45) is 5.90 Å². The maximum absolute atomic E-state index is 10.6. The van der Waals surface area contributed by atoms with Gasteiger partial charge in [-0.05, 0) is 0 Å². The van der Waals surface area contributed by atoms with Crippen LogP contribution in [0.2, 0.25) is 0 Å². The zero-order valence-corrected chi connectivity index (χ0v) is 7.78.